The molecule has 0 radical (unpaired) electrons. The van der Waals surface area contributed by atoms with Crippen LogP contribution in [-0.2, 0) is 19.1 Å². The van der Waals surface area contributed by atoms with E-state index in [0.29, 0.717) is 12.1 Å². The van der Waals surface area contributed by atoms with Crippen molar-refractivity contribution in [2.24, 2.45) is 0 Å². The van der Waals surface area contributed by atoms with Gasteiger partial charge in [0.1, 0.15) is 6.54 Å². The fourth-order valence-corrected chi connectivity index (χ4v) is 2.32. The van der Waals surface area contributed by atoms with E-state index in [2.05, 4.69) is 10.6 Å². The summed E-state index contributed by atoms with van der Waals surface area (Å²) in [7, 11) is 0. The summed E-state index contributed by atoms with van der Waals surface area (Å²) in [6, 6.07) is 7.02. The zero-order chi connectivity index (χ0) is 17.4. The lowest BCUT2D eigenvalue weighted by Gasteiger charge is -2.11. The van der Waals surface area contributed by atoms with Crippen LogP contribution in [0.3, 0.4) is 0 Å². The number of esters is 1. The van der Waals surface area contributed by atoms with Gasteiger partial charge in [0.05, 0.1) is 6.10 Å². The van der Waals surface area contributed by atoms with E-state index in [-0.39, 0.29) is 31.1 Å². The number of benzene rings is 1. The molecular weight excluding hydrogens is 312 g/mol. The molecule has 1 aromatic rings. The number of carbonyl (C=O) groups is 3. The molecule has 2 N–H and O–H groups in total. The first kappa shape index (κ1) is 17.9. The van der Waals surface area contributed by atoms with Gasteiger partial charge in [-0.2, -0.15) is 0 Å². The number of rotatable bonds is 7. The lowest BCUT2D eigenvalue weighted by molar-refractivity contribution is -0.147. The molecule has 0 aromatic heterocycles. The van der Waals surface area contributed by atoms with Gasteiger partial charge < -0.3 is 20.1 Å². The van der Waals surface area contributed by atoms with Gasteiger partial charge in [-0.05, 0) is 31.9 Å². The SMILES string of the molecule is Cc1cccc(C(=O)NCC(=O)OCC(=O)NC[C@H]2CCCO2)c1. The highest BCUT2D eigenvalue weighted by Crippen LogP contribution is 2.10. The van der Waals surface area contributed by atoms with Crippen LogP contribution in [0.4, 0.5) is 0 Å². The third-order valence-corrected chi connectivity index (χ3v) is 3.59. The van der Waals surface area contributed by atoms with Gasteiger partial charge in [-0.25, -0.2) is 0 Å². The van der Waals surface area contributed by atoms with E-state index < -0.39 is 5.97 Å². The van der Waals surface area contributed by atoms with Gasteiger partial charge in [-0.3, -0.25) is 14.4 Å². The Morgan fingerprint density at radius 2 is 2.12 bits per heavy atom. The number of amides is 2. The van der Waals surface area contributed by atoms with Crippen LogP contribution in [0.2, 0.25) is 0 Å². The third kappa shape index (κ3) is 6.00. The maximum atomic E-state index is 11.9. The van der Waals surface area contributed by atoms with Gasteiger partial charge in [-0.15, -0.1) is 0 Å². The Labute approximate surface area is 140 Å². The fourth-order valence-electron chi connectivity index (χ4n) is 2.32. The Kier molecular flexibility index (Phi) is 6.74. The highest BCUT2D eigenvalue weighted by Gasteiger charge is 2.16. The highest BCUT2D eigenvalue weighted by molar-refractivity contribution is 5.96. The van der Waals surface area contributed by atoms with Crippen molar-refractivity contribution in [2.75, 3.05) is 26.3 Å². The number of carbonyl (C=O) groups excluding carboxylic acids is 3. The van der Waals surface area contributed by atoms with Crippen molar-refractivity contribution in [3.63, 3.8) is 0 Å². The van der Waals surface area contributed by atoms with Crippen LogP contribution in [0.5, 0.6) is 0 Å². The van der Waals surface area contributed by atoms with Gasteiger partial charge in [0.15, 0.2) is 6.61 Å². The lowest BCUT2D eigenvalue weighted by atomic mass is 10.1. The molecule has 130 valence electrons. The molecule has 1 aliphatic rings. The normalized spacial score (nSPS) is 16.5. The monoisotopic (exact) mass is 334 g/mol. The summed E-state index contributed by atoms with van der Waals surface area (Å²) < 4.78 is 10.2. The average Bonchev–Trinajstić information content (AvgIpc) is 3.09. The van der Waals surface area contributed by atoms with Crippen LogP contribution in [-0.4, -0.2) is 50.2 Å². The van der Waals surface area contributed by atoms with Crippen molar-refractivity contribution in [2.45, 2.75) is 25.9 Å². The first-order chi connectivity index (χ1) is 11.5. The fraction of sp³-hybridized carbons (Fsp3) is 0.471. The van der Waals surface area contributed by atoms with Crippen molar-refractivity contribution >= 4 is 17.8 Å². The molecule has 0 unspecified atom stereocenters. The van der Waals surface area contributed by atoms with E-state index in [4.69, 9.17) is 9.47 Å². The van der Waals surface area contributed by atoms with Gasteiger partial charge in [0.2, 0.25) is 0 Å². The van der Waals surface area contributed by atoms with Gasteiger partial charge in [0.25, 0.3) is 11.8 Å². The largest absolute Gasteiger partial charge is 0.454 e. The minimum atomic E-state index is -0.664. The molecule has 0 bridgehead atoms. The summed E-state index contributed by atoms with van der Waals surface area (Å²) in [4.78, 5) is 35.0. The molecule has 0 spiro atoms. The van der Waals surface area contributed by atoms with Crippen LogP contribution in [0.25, 0.3) is 0 Å². The molecule has 1 aromatic carbocycles. The maximum Gasteiger partial charge on any atom is 0.325 e. The lowest BCUT2D eigenvalue weighted by Crippen LogP contribution is -2.36. The molecule has 1 aliphatic heterocycles. The van der Waals surface area contributed by atoms with Crippen molar-refractivity contribution < 1.29 is 23.9 Å². The Morgan fingerprint density at radius 3 is 2.83 bits per heavy atom. The van der Waals surface area contributed by atoms with E-state index in [1.54, 1.807) is 18.2 Å². The Bertz CT molecular complexity index is 596. The van der Waals surface area contributed by atoms with Crippen LogP contribution in [0, 0.1) is 6.92 Å². The molecule has 7 heteroatoms. The molecular formula is C17H22N2O5. The number of hydrogen-bond acceptors (Lipinski definition) is 5. The van der Waals surface area contributed by atoms with E-state index in [1.807, 2.05) is 13.0 Å². The van der Waals surface area contributed by atoms with Crippen molar-refractivity contribution in [1.29, 1.82) is 0 Å². The molecule has 1 fully saturated rings. The zero-order valence-electron chi connectivity index (χ0n) is 13.7. The van der Waals surface area contributed by atoms with Gasteiger partial charge >= 0.3 is 5.97 Å². The minimum Gasteiger partial charge on any atom is -0.454 e. The molecule has 24 heavy (non-hydrogen) atoms. The standard InChI is InChI=1S/C17H22N2O5/c1-12-4-2-5-13(8-12)17(22)19-10-16(21)24-11-15(20)18-9-14-6-3-7-23-14/h2,4-5,8,14H,3,6-7,9-11H2,1H3,(H,18,20)(H,19,22)/t14-/m1/s1. The predicted molar refractivity (Wildman–Crippen MR) is 86.5 cm³/mol. The highest BCUT2D eigenvalue weighted by atomic mass is 16.5. The van der Waals surface area contributed by atoms with Crippen LogP contribution >= 0.6 is 0 Å². The zero-order valence-corrected chi connectivity index (χ0v) is 13.7. The molecule has 1 atom stereocenters. The molecule has 0 aliphatic carbocycles. The Balaban J connectivity index is 1.62. The molecule has 1 saturated heterocycles. The second-order valence-corrected chi connectivity index (χ2v) is 5.65. The summed E-state index contributed by atoms with van der Waals surface area (Å²) in [5, 5.41) is 5.11. The van der Waals surface area contributed by atoms with Gasteiger partial charge in [0, 0.05) is 18.7 Å². The topological polar surface area (TPSA) is 93.7 Å². The predicted octanol–water partition coefficient (Wildman–Crippen LogP) is 0.563. The van der Waals surface area contributed by atoms with Crippen LogP contribution in [0.1, 0.15) is 28.8 Å². The van der Waals surface area contributed by atoms with E-state index >= 15 is 0 Å². The third-order valence-electron chi connectivity index (χ3n) is 3.59. The molecule has 0 saturated carbocycles. The smallest absolute Gasteiger partial charge is 0.325 e. The molecule has 2 amide bonds. The Morgan fingerprint density at radius 1 is 1.29 bits per heavy atom. The summed E-state index contributed by atoms with van der Waals surface area (Å²) in [5.41, 5.74) is 1.42. The van der Waals surface area contributed by atoms with Crippen molar-refractivity contribution in [3.8, 4) is 0 Å². The first-order valence-corrected chi connectivity index (χ1v) is 7.93. The van der Waals surface area contributed by atoms with E-state index in [9.17, 15) is 14.4 Å². The summed E-state index contributed by atoms with van der Waals surface area (Å²) in [5.74, 6) is -1.41. The second kappa shape index (κ2) is 9.02. The summed E-state index contributed by atoms with van der Waals surface area (Å²) in [6.07, 6.45) is 1.96. The quantitative estimate of drug-likeness (QED) is 0.711. The number of aryl methyl sites for hydroxylation is 1. The van der Waals surface area contributed by atoms with Crippen LogP contribution in [0.15, 0.2) is 24.3 Å². The number of hydrogen-bond donors (Lipinski definition) is 2. The summed E-state index contributed by atoms with van der Waals surface area (Å²) in [6.45, 7) is 2.36. The number of nitrogens with one attached hydrogen (secondary N) is 2. The first-order valence-electron chi connectivity index (χ1n) is 7.93. The molecule has 7 nitrogen and oxygen atoms in total. The molecule has 2 rings (SSSR count). The Hall–Kier alpha value is -2.41. The van der Waals surface area contributed by atoms with E-state index in [0.717, 1.165) is 25.0 Å². The second-order valence-electron chi connectivity index (χ2n) is 5.65. The minimum absolute atomic E-state index is 0.0401. The molecule has 1 heterocycles. The summed E-state index contributed by atoms with van der Waals surface area (Å²) >= 11 is 0. The van der Waals surface area contributed by atoms with Crippen molar-refractivity contribution in [1.82, 2.24) is 10.6 Å². The average molecular weight is 334 g/mol. The van der Waals surface area contributed by atoms with Gasteiger partial charge in [-0.1, -0.05) is 17.7 Å². The maximum absolute atomic E-state index is 11.9. The number of ether oxygens (including phenoxy) is 2. The van der Waals surface area contributed by atoms with Crippen molar-refractivity contribution in [3.05, 3.63) is 35.4 Å². The van der Waals surface area contributed by atoms with Crippen LogP contribution < -0.4 is 10.6 Å². The van der Waals surface area contributed by atoms with E-state index in [1.165, 1.54) is 0 Å².